The van der Waals surface area contributed by atoms with Crippen LogP contribution in [0.5, 0.6) is 0 Å². The maximum Gasteiger partial charge on any atom is -0.00432 e. The molecule has 0 fully saturated rings. The average molecular weight is 219 g/mol. The SMILES string of the molecule is CCCNCCC(C)c1ccc(CC)cc1. The van der Waals surface area contributed by atoms with E-state index < -0.39 is 0 Å². The fraction of sp³-hybridized carbons (Fsp3) is 0.600. The van der Waals surface area contributed by atoms with E-state index in [4.69, 9.17) is 0 Å². The van der Waals surface area contributed by atoms with Gasteiger partial charge < -0.3 is 5.32 Å². The van der Waals surface area contributed by atoms with Gasteiger partial charge >= 0.3 is 0 Å². The van der Waals surface area contributed by atoms with E-state index in [-0.39, 0.29) is 0 Å². The zero-order chi connectivity index (χ0) is 11.8. The largest absolute Gasteiger partial charge is 0.317 e. The fourth-order valence-electron chi connectivity index (χ4n) is 1.87. The van der Waals surface area contributed by atoms with E-state index in [0.717, 1.165) is 19.5 Å². The van der Waals surface area contributed by atoms with E-state index in [1.165, 1.54) is 24.0 Å². The van der Waals surface area contributed by atoms with E-state index in [0.29, 0.717) is 5.92 Å². The molecule has 0 saturated carbocycles. The first kappa shape index (κ1) is 13.2. The van der Waals surface area contributed by atoms with Crippen LogP contribution in [-0.4, -0.2) is 13.1 Å². The van der Waals surface area contributed by atoms with E-state index in [9.17, 15) is 0 Å². The topological polar surface area (TPSA) is 12.0 Å². The zero-order valence-corrected chi connectivity index (χ0v) is 10.9. The molecule has 0 aromatic heterocycles. The van der Waals surface area contributed by atoms with Crippen molar-refractivity contribution in [1.29, 1.82) is 0 Å². The molecule has 0 saturated heterocycles. The van der Waals surface area contributed by atoms with Crippen molar-refractivity contribution in [2.45, 2.75) is 46.0 Å². The van der Waals surface area contributed by atoms with Crippen LogP contribution in [0.15, 0.2) is 24.3 Å². The predicted octanol–water partition coefficient (Wildman–Crippen LogP) is 3.74. The Balaban J connectivity index is 2.37. The summed E-state index contributed by atoms with van der Waals surface area (Å²) < 4.78 is 0. The average Bonchev–Trinajstić information content (AvgIpc) is 2.34. The second-order valence-corrected chi connectivity index (χ2v) is 4.53. The lowest BCUT2D eigenvalue weighted by Crippen LogP contribution is -2.17. The van der Waals surface area contributed by atoms with Gasteiger partial charge in [-0.15, -0.1) is 0 Å². The van der Waals surface area contributed by atoms with Gasteiger partial charge in [0.1, 0.15) is 0 Å². The molecule has 0 aliphatic rings. The molecule has 0 radical (unpaired) electrons. The summed E-state index contributed by atoms with van der Waals surface area (Å²) in [5.74, 6) is 0.662. The molecule has 1 rings (SSSR count). The molecule has 1 aromatic carbocycles. The second kappa shape index (κ2) is 7.45. The third-order valence-corrected chi connectivity index (χ3v) is 3.14. The minimum atomic E-state index is 0.662. The standard InChI is InChI=1S/C15H25N/c1-4-11-16-12-10-13(3)15-8-6-14(5-2)7-9-15/h6-9,13,16H,4-5,10-12H2,1-3H3. The third-order valence-electron chi connectivity index (χ3n) is 3.14. The Hall–Kier alpha value is -0.820. The highest BCUT2D eigenvalue weighted by Crippen LogP contribution is 2.18. The molecule has 16 heavy (non-hydrogen) atoms. The molecule has 0 amide bonds. The minimum absolute atomic E-state index is 0.662. The van der Waals surface area contributed by atoms with Crippen molar-refractivity contribution in [2.24, 2.45) is 0 Å². The first-order chi connectivity index (χ1) is 7.77. The zero-order valence-electron chi connectivity index (χ0n) is 10.9. The number of aryl methyl sites for hydroxylation is 1. The lowest BCUT2D eigenvalue weighted by Gasteiger charge is -2.12. The Morgan fingerprint density at radius 1 is 1.06 bits per heavy atom. The molecule has 1 unspecified atom stereocenters. The first-order valence-corrected chi connectivity index (χ1v) is 6.57. The van der Waals surface area contributed by atoms with Crippen molar-refractivity contribution in [3.63, 3.8) is 0 Å². The van der Waals surface area contributed by atoms with Crippen LogP contribution in [-0.2, 0) is 6.42 Å². The van der Waals surface area contributed by atoms with E-state index in [1.54, 1.807) is 0 Å². The monoisotopic (exact) mass is 219 g/mol. The highest BCUT2D eigenvalue weighted by Gasteiger charge is 2.04. The van der Waals surface area contributed by atoms with Crippen LogP contribution in [0, 0.1) is 0 Å². The van der Waals surface area contributed by atoms with Crippen molar-refractivity contribution in [3.8, 4) is 0 Å². The van der Waals surface area contributed by atoms with Gasteiger partial charge in [0.2, 0.25) is 0 Å². The van der Waals surface area contributed by atoms with Gasteiger partial charge in [-0.3, -0.25) is 0 Å². The maximum absolute atomic E-state index is 3.46. The summed E-state index contributed by atoms with van der Waals surface area (Å²) in [5.41, 5.74) is 2.90. The highest BCUT2D eigenvalue weighted by atomic mass is 14.8. The van der Waals surface area contributed by atoms with Crippen LogP contribution in [0.4, 0.5) is 0 Å². The van der Waals surface area contributed by atoms with Gasteiger partial charge in [0.05, 0.1) is 0 Å². The lowest BCUT2D eigenvalue weighted by atomic mass is 9.96. The smallest absolute Gasteiger partial charge is 0.00432 e. The van der Waals surface area contributed by atoms with Gasteiger partial charge in [0.15, 0.2) is 0 Å². The normalized spacial score (nSPS) is 12.7. The van der Waals surface area contributed by atoms with Gasteiger partial charge in [-0.05, 0) is 49.4 Å². The van der Waals surface area contributed by atoms with E-state index in [2.05, 4.69) is 50.4 Å². The predicted molar refractivity (Wildman–Crippen MR) is 72.0 cm³/mol. The summed E-state index contributed by atoms with van der Waals surface area (Å²) in [5, 5.41) is 3.46. The Bertz CT molecular complexity index is 276. The van der Waals surface area contributed by atoms with Crippen molar-refractivity contribution in [3.05, 3.63) is 35.4 Å². The van der Waals surface area contributed by atoms with Gasteiger partial charge in [-0.2, -0.15) is 0 Å². The second-order valence-electron chi connectivity index (χ2n) is 4.53. The molecule has 1 aromatic rings. The lowest BCUT2D eigenvalue weighted by molar-refractivity contribution is 0.590. The summed E-state index contributed by atoms with van der Waals surface area (Å²) in [6.45, 7) is 8.99. The number of hydrogen-bond acceptors (Lipinski definition) is 1. The van der Waals surface area contributed by atoms with Crippen molar-refractivity contribution in [1.82, 2.24) is 5.32 Å². The summed E-state index contributed by atoms with van der Waals surface area (Å²) in [7, 11) is 0. The molecule has 0 spiro atoms. The molecular formula is C15H25N. The van der Waals surface area contributed by atoms with E-state index >= 15 is 0 Å². The molecule has 90 valence electrons. The van der Waals surface area contributed by atoms with Crippen LogP contribution < -0.4 is 5.32 Å². The molecule has 0 heterocycles. The summed E-state index contributed by atoms with van der Waals surface area (Å²) >= 11 is 0. The number of hydrogen-bond donors (Lipinski definition) is 1. The fourth-order valence-corrected chi connectivity index (χ4v) is 1.87. The Morgan fingerprint density at radius 3 is 2.31 bits per heavy atom. The van der Waals surface area contributed by atoms with Crippen LogP contribution in [0.3, 0.4) is 0 Å². The summed E-state index contributed by atoms with van der Waals surface area (Å²) in [4.78, 5) is 0. The van der Waals surface area contributed by atoms with E-state index in [1.807, 2.05) is 0 Å². The maximum atomic E-state index is 3.46. The van der Waals surface area contributed by atoms with Crippen LogP contribution >= 0.6 is 0 Å². The van der Waals surface area contributed by atoms with Crippen molar-refractivity contribution in [2.75, 3.05) is 13.1 Å². The molecule has 1 N–H and O–H groups in total. The Kier molecular flexibility index (Phi) is 6.17. The Morgan fingerprint density at radius 2 is 1.75 bits per heavy atom. The van der Waals surface area contributed by atoms with Gasteiger partial charge in [-0.25, -0.2) is 0 Å². The van der Waals surface area contributed by atoms with Crippen molar-refractivity contribution >= 4 is 0 Å². The van der Waals surface area contributed by atoms with Crippen LogP contribution in [0.2, 0.25) is 0 Å². The quantitative estimate of drug-likeness (QED) is 0.689. The van der Waals surface area contributed by atoms with Gasteiger partial charge in [0.25, 0.3) is 0 Å². The minimum Gasteiger partial charge on any atom is -0.317 e. The van der Waals surface area contributed by atoms with Gasteiger partial charge in [0, 0.05) is 0 Å². The molecule has 0 bridgehead atoms. The van der Waals surface area contributed by atoms with Crippen LogP contribution in [0.1, 0.15) is 50.7 Å². The molecular weight excluding hydrogens is 194 g/mol. The molecule has 0 aliphatic carbocycles. The third kappa shape index (κ3) is 4.36. The number of benzene rings is 1. The molecule has 1 heteroatoms. The summed E-state index contributed by atoms with van der Waals surface area (Å²) in [6, 6.07) is 9.07. The Labute approximate surface area is 100 Å². The summed E-state index contributed by atoms with van der Waals surface area (Å²) in [6.07, 6.45) is 3.58. The molecule has 1 nitrogen and oxygen atoms in total. The highest BCUT2D eigenvalue weighted by molar-refractivity contribution is 5.24. The molecule has 0 aliphatic heterocycles. The first-order valence-electron chi connectivity index (χ1n) is 6.57. The number of rotatable bonds is 7. The molecule has 1 atom stereocenters. The van der Waals surface area contributed by atoms with Crippen LogP contribution in [0.25, 0.3) is 0 Å². The van der Waals surface area contributed by atoms with Crippen molar-refractivity contribution < 1.29 is 0 Å². The number of nitrogens with one attached hydrogen (secondary N) is 1. The van der Waals surface area contributed by atoms with Gasteiger partial charge in [-0.1, -0.05) is 45.0 Å².